The van der Waals surface area contributed by atoms with Gasteiger partial charge in [0.25, 0.3) is 5.91 Å². The fraction of sp³-hybridized carbons (Fsp3) is 0.391. The summed E-state index contributed by atoms with van der Waals surface area (Å²) in [4.78, 5) is 27.2. The zero-order valence-corrected chi connectivity index (χ0v) is 17.1. The molecule has 0 bridgehead atoms. The molecule has 1 fully saturated rings. The number of hydrogen-bond donors (Lipinski definition) is 2. The highest BCUT2D eigenvalue weighted by Crippen LogP contribution is 2.16. The molecule has 0 aliphatic carbocycles. The maximum atomic E-state index is 12.6. The van der Waals surface area contributed by atoms with Gasteiger partial charge < -0.3 is 15.4 Å². The Morgan fingerprint density at radius 2 is 1.66 bits per heavy atom. The van der Waals surface area contributed by atoms with Gasteiger partial charge in [-0.3, -0.25) is 14.5 Å². The summed E-state index contributed by atoms with van der Waals surface area (Å²) in [5.74, 6) is -0.318. The van der Waals surface area contributed by atoms with E-state index < -0.39 is 0 Å². The van der Waals surface area contributed by atoms with Crippen molar-refractivity contribution in [1.82, 2.24) is 10.2 Å². The van der Waals surface area contributed by atoms with Gasteiger partial charge in [0.05, 0.1) is 30.0 Å². The highest BCUT2D eigenvalue weighted by Gasteiger charge is 2.24. The van der Waals surface area contributed by atoms with Crippen LogP contribution in [0.15, 0.2) is 54.6 Å². The minimum Gasteiger partial charge on any atom is -0.373 e. The van der Waals surface area contributed by atoms with Gasteiger partial charge in [-0.1, -0.05) is 42.5 Å². The van der Waals surface area contributed by atoms with Gasteiger partial charge >= 0.3 is 0 Å². The van der Waals surface area contributed by atoms with Crippen molar-refractivity contribution in [3.05, 3.63) is 65.7 Å². The number of anilines is 1. The molecule has 0 spiro atoms. The number of para-hydroxylation sites is 1. The molecule has 0 unspecified atom stereocenters. The zero-order valence-electron chi connectivity index (χ0n) is 17.1. The van der Waals surface area contributed by atoms with Crippen molar-refractivity contribution in [2.75, 3.05) is 31.5 Å². The first-order valence-corrected chi connectivity index (χ1v) is 10.1. The van der Waals surface area contributed by atoms with Crippen molar-refractivity contribution >= 4 is 17.5 Å². The number of ether oxygens (including phenoxy) is 1. The maximum Gasteiger partial charge on any atom is 0.253 e. The van der Waals surface area contributed by atoms with Gasteiger partial charge in [-0.2, -0.15) is 0 Å². The van der Waals surface area contributed by atoms with Crippen LogP contribution in [0, 0.1) is 0 Å². The lowest BCUT2D eigenvalue weighted by Gasteiger charge is -2.34. The lowest BCUT2D eigenvalue weighted by molar-refractivity contribution is -0.121. The normalized spacial score (nSPS) is 19.5. The van der Waals surface area contributed by atoms with E-state index in [2.05, 4.69) is 15.5 Å². The number of nitrogens with one attached hydrogen (secondary N) is 2. The van der Waals surface area contributed by atoms with Crippen molar-refractivity contribution in [2.24, 2.45) is 0 Å². The van der Waals surface area contributed by atoms with Crippen LogP contribution in [-0.4, -0.2) is 55.1 Å². The summed E-state index contributed by atoms with van der Waals surface area (Å²) < 4.78 is 5.71. The quantitative estimate of drug-likeness (QED) is 0.756. The Balaban J connectivity index is 1.55. The van der Waals surface area contributed by atoms with E-state index in [0.29, 0.717) is 17.8 Å². The third kappa shape index (κ3) is 6.41. The second-order valence-electron chi connectivity index (χ2n) is 7.54. The largest absolute Gasteiger partial charge is 0.373 e. The minimum atomic E-state index is -0.189. The smallest absolute Gasteiger partial charge is 0.253 e. The molecular formula is C23H29N3O3. The number of carbonyl (C=O) groups is 2. The molecule has 154 valence electrons. The van der Waals surface area contributed by atoms with E-state index in [1.165, 1.54) is 5.56 Å². The Kier molecular flexibility index (Phi) is 7.38. The molecule has 2 aromatic rings. The summed E-state index contributed by atoms with van der Waals surface area (Å²) >= 11 is 0. The second kappa shape index (κ2) is 10.2. The van der Waals surface area contributed by atoms with Gasteiger partial charge in [-0.05, 0) is 38.0 Å². The van der Waals surface area contributed by atoms with E-state index in [0.717, 1.165) is 19.5 Å². The molecule has 6 nitrogen and oxygen atoms in total. The zero-order chi connectivity index (χ0) is 20.6. The maximum absolute atomic E-state index is 12.6. The predicted octanol–water partition coefficient (Wildman–Crippen LogP) is 2.71. The average Bonchev–Trinajstić information content (AvgIpc) is 2.68. The van der Waals surface area contributed by atoms with E-state index in [9.17, 15) is 9.59 Å². The monoisotopic (exact) mass is 395 g/mol. The van der Waals surface area contributed by atoms with Crippen LogP contribution in [0.1, 0.15) is 29.8 Å². The van der Waals surface area contributed by atoms with Gasteiger partial charge in [0.15, 0.2) is 0 Å². The van der Waals surface area contributed by atoms with E-state index in [4.69, 9.17) is 4.74 Å². The number of rotatable bonds is 7. The molecule has 0 aromatic heterocycles. The minimum absolute atomic E-state index is 0.106. The van der Waals surface area contributed by atoms with Crippen LogP contribution in [0.25, 0.3) is 0 Å². The van der Waals surface area contributed by atoms with Gasteiger partial charge in [-0.25, -0.2) is 0 Å². The standard InChI is InChI=1S/C23H29N3O3/c1-17-14-26(15-18(2)29-17)16-22(27)25-21-11-7-6-10-20(21)23(28)24-13-12-19-8-4-3-5-9-19/h3-11,17-18H,12-16H2,1-2H3,(H,24,28)(H,25,27)/t17-,18-/m0/s1. The second-order valence-corrected chi connectivity index (χ2v) is 7.54. The van der Waals surface area contributed by atoms with Crippen LogP contribution in [0.2, 0.25) is 0 Å². The summed E-state index contributed by atoms with van der Waals surface area (Å²) in [5, 5.41) is 5.83. The van der Waals surface area contributed by atoms with Crippen molar-refractivity contribution in [3.8, 4) is 0 Å². The summed E-state index contributed by atoms with van der Waals surface area (Å²) in [6, 6.07) is 17.1. The lowest BCUT2D eigenvalue weighted by atomic mass is 10.1. The molecule has 6 heteroatoms. The van der Waals surface area contributed by atoms with Crippen LogP contribution in [0.3, 0.4) is 0 Å². The third-order valence-electron chi connectivity index (χ3n) is 4.85. The van der Waals surface area contributed by atoms with Gasteiger partial charge in [-0.15, -0.1) is 0 Å². The predicted molar refractivity (Wildman–Crippen MR) is 114 cm³/mol. The van der Waals surface area contributed by atoms with E-state index in [-0.39, 0.29) is 30.6 Å². The molecular weight excluding hydrogens is 366 g/mol. The molecule has 2 aromatic carbocycles. The van der Waals surface area contributed by atoms with Crippen LogP contribution < -0.4 is 10.6 Å². The molecule has 29 heavy (non-hydrogen) atoms. The molecule has 2 atom stereocenters. The Hall–Kier alpha value is -2.70. The molecule has 0 saturated carbocycles. The number of hydrogen-bond acceptors (Lipinski definition) is 4. The summed E-state index contributed by atoms with van der Waals surface area (Å²) in [7, 11) is 0. The molecule has 1 saturated heterocycles. The number of carbonyl (C=O) groups excluding carboxylic acids is 2. The van der Waals surface area contributed by atoms with E-state index in [1.54, 1.807) is 18.2 Å². The van der Waals surface area contributed by atoms with Gasteiger partial charge in [0, 0.05) is 19.6 Å². The average molecular weight is 396 g/mol. The number of benzene rings is 2. The third-order valence-corrected chi connectivity index (χ3v) is 4.85. The topological polar surface area (TPSA) is 70.7 Å². The Bertz CT molecular complexity index is 815. The fourth-order valence-electron chi connectivity index (χ4n) is 3.66. The highest BCUT2D eigenvalue weighted by atomic mass is 16.5. The van der Waals surface area contributed by atoms with Crippen molar-refractivity contribution < 1.29 is 14.3 Å². The van der Waals surface area contributed by atoms with E-state index in [1.807, 2.05) is 50.2 Å². The van der Waals surface area contributed by atoms with Crippen LogP contribution in [0.4, 0.5) is 5.69 Å². The first-order valence-electron chi connectivity index (χ1n) is 10.1. The molecule has 2 amide bonds. The van der Waals surface area contributed by atoms with Gasteiger partial charge in [0.2, 0.25) is 5.91 Å². The van der Waals surface area contributed by atoms with Gasteiger partial charge in [0.1, 0.15) is 0 Å². The molecule has 3 rings (SSSR count). The summed E-state index contributed by atoms with van der Waals surface area (Å²) in [6.45, 7) is 6.28. The number of nitrogens with zero attached hydrogens (tertiary/aromatic N) is 1. The number of morpholine rings is 1. The first kappa shape index (κ1) is 21.0. The molecule has 2 N–H and O–H groups in total. The lowest BCUT2D eigenvalue weighted by Crippen LogP contribution is -2.48. The van der Waals surface area contributed by atoms with Crippen LogP contribution in [-0.2, 0) is 16.0 Å². The molecule has 1 aliphatic heterocycles. The Morgan fingerprint density at radius 1 is 1.00 bits per heavy atom. The number of amides is 2. The SMILES string of the molecule is C[C@H]1CN(CC(=O)Nc2ccccc2C(=O)NCCc2ccccc2)C[C@H](C)O1. The highest BCUT2D eigenvalue weighted by molar-refractivity contribution is 6.04. The Labute approximate surface area is 172 Å². The Morgan fingerprint density at radius 3 is 2.38 bits per heavy atom. The van der Waals surface area contributed by atoms with Crippen LogP contribution in [0.5, 0.6) is 0 Å². The van der Waals surface area contributed by atoms with Crippen molar-refractivity contribution in [1.29, 1.82) is 0 Å². The van der Waals surface area contributed by atoms with Crippen molar-refractivity contribution in [2.45, 2.75) is 32.5 Å². The first-order chi connectivity index (χ1) is 14.0. The fourth-order valence-corrected chi connectivity index (χ4v) is 3.66. The van der Waals surface area contributed by atoms with Crippen LogP contribution >= 0.6 is 0 Å². The summed E-state index contributed by atoms with van der Waals surface area (Å²) in [6.07, 6.45) is 0.970. The molecule has 0 radical (unpaired) electrons. The van der Waals surface area contributed by atoms with Crippen molar-refractivity contribution in [3.63, 3.8) is 0 Å². The van der Waals surface area contributed by atoms with E-state index >= 15 is 0 Å². The summed E-state index contributed by atoms with van der Waals surface area (Å²) in [5.41, 5.74) is 2.17. The molecule has 1 aliphatic rings. The molecule has 1 heterocycles.